The van der Waals surface area contributed by atoms with E-state index in [9.17, 15) is 4.79 Å². The molecular formula is C16H30N2O2. The van der Waals surface area contributed by atoms with Gasteiger partial charge in [-0.25, -0.2) is 0 Å². The van der Waals surface area contributed by atoms with E-state index in [2.05, 4.69) is 31.0 Å². The third-order valence-electron chi connectivity index (χ3n) is 5.11. The van der Waals surface area contributed by atoms with Crippen molar-refractivity contribution in [3.63, 3.8) is 0 Å². The van der Waals surface area contributed by atoms with Crippen LogP contribution in [0.4, 0.5) is 0 Å². The highest BCUT2D eigenvalue weighted by atomic mass is 16.5. The molecule has 1 heterocycles. The van der Waals surface area contributed by atoms with Gasteiger partial charge in [0.2, 0.25) is 5.91 Å². The molecule has 1 saturated heterocycles. The lowest BCUT2D eigenvalue weighted by molar-refractivity contribution is -0.134. The molecule has 1 N–H and O–H groups in total. The predicted molar refractivity (Wildman–Crippen MR) is 80.3 cm³/mol. The molecule has 2 aliphatic rings. The van der Waals surface area contributed by atoms with Crippen LogP contribution in [0.25, 0.3) is 0 Å². The van der Waals surface area contributed by atoms with Gasteiger partial charge in [-0.2, -0.15) is 0 Å². The Morgan fingerprint density at radius 3 is 2.55 bits per heavy atom. The summed E-state index contributed by atoms with van der Waals surface area (Å²) in [6, 6.07) is 0.143. The number of amides is 1. The first kappa shape index (κ1) is 15.8. The molecule has 1 saturated carbocycles. The molecule has 1 aliphatic heterocycles. The summed E-state index contributed by atoms with van der Waals surface area (Å²) < 4.78 is 5.28. The van der Waals surface area contributed by atoms with Crippen molar-refractivity contribution in [2.24, 2.45) is 11.8 Å². The van der Waals surface area contributed by atoms with Crippen LogP contribution in [0, 0.1) is 11.8 Å². The minimum absolute atomic E-state index is 0.00935. The van der Waals surface area contributed by atoms with Crippen molar-refractivity contribution in [2.75, 3.05) is 13.7 Å². The van der Waals surface area contributed by atoms with E-state index in [1.54, 1.807) is 7.11 Å². The van der Waals surface area contributed by atoms with Gasteiger partial charge in [-0.3, -0.25) is 10.1 Å². The van der Waals surface area contributed by atoms with Crippen molar-refractivity contribution in [2.45, 2.75) is 71.1 Å². The first-order valence-corrected chi connectivity index (χ1v) is 8.17. The van der Waals surface area contributed by atoms with E-state index in [0.717, 1.165) is 6.42 Å². The summed E-state index contributed by atoms with van der Waals surface area (Å²) >= 11 is 0. The quantitative estimate of drug-likeness (QED) is 0.813. The number of methoxy groups -OCH3 is 1. The SMILES string of the molecule is CCC(C)C1NC(C2CCCC2)N(C(C)COC)C1=O. The molecule has 0 aromatic carbocycles. The van der Waals surface area contributed by atoms with Crippen LogP contribution in [0.1, 0.15) is 52.9 Å². The molecule has 20 heavy (non-hydrogen) atoms. The summed E-state index contributed by atoms with van der Waals surface area (Å²) in [4.78, 5) is 14.9. The molecule has 4 heteroatoms. The Labute approximate surface area is 123 Å². The number of hydrogen-bond donors (Lipinski definition) is 1. The molecule has 2 rings (SSSR count). The second-order valence-electron chi connectivity index (χ2n) is 6.57. The summed E-state index contributed by atoms with van der Waals surface area (Å²) in [5, 5.41) is 3.64. The zero-order valence-electron chi connectivity index (χ0n) is 13.4. The highest BCUT2D eigenvalue weighted by Gasteiger charge is 2.46. The average molecular weight is 282 g/mol. The maximum Gasteiger partial charge on any atom is 0.241 e. The fourth-order valence-electron chi connectivity index (χ4n) is 3.73. The van der Waals surface area contributed by atoms with Crippen LogP contribution >= 0.6 is 0 Å². The second-order valence-corrected chi connectivity index (χ2v) is 6.57. The van der Waals surface area contributed by atoms with Crippen molar-refractivity contribution in [3.05, 3.63) is 0 Å². The van der Waals surface area contributed by atoms with Gasteiger partial charge in [0.25, 0.3) is 0 Å². The average Bonchev–Trinajstić information content (AvgIpc) is 3.05. The molecule has 0 spiro atoms. The zero-order chi connectivity index (χ0) is 14.7. The van der Waals surface area contributed by atoms with Gasteiger partial charge < -0.3 is 9.64 Å². The van der Waals surface area contributed by atoms with Crippen LogP contribution < -0.4 is 5.32 Å². The molecule has 2 fully saturated rings. The maximum absolute atomic E-state index is 12.8. The summed E-state index contributed by atoms with van der Waals surface area (Å²) in [7, 11) is 1.71. The standard InChI is InChI=1S/C16H30N2O2/c1-5-11(2)14-16(19)18(12(3)10-20-4)15(17-14)13-8-6-7-9-13/h11-15,17H,5-10H2,1-4H3. The Balaban J connectivity index is 2.15. The predicted octanol–water partition coefficient (Wildman–Crippen LogP) is 2.38. The second kappa shape index (κ2) is 6.90. The van der Waals surface area contributed by atoms with Crippen LogP contribution in [0.5, 0.6) is 0 Å². The van der Waals surface area contributed by atoms with Gasteiger partial charge in [0, 0.05) is 7.11 Å². The van der Waals surface area contributed by atoms with Crippen LogP contribution in [-0.2, 0) is 9.53 Å². The van der Waals surface area contributed by atoms with E-state index in [-0.39, 0.29) is 24.2 Å². The van der Waals surface area contributed by atoms with Gasteiger partial charge in [-0.05, 0) is 31.6 Å². The molecule has 4 unspecified atom stereocenters. The molecule has 0 radical (unpaired) electrons. The fourth-order valence-corrected chi connectivity index (χ4v) is 3.73. The molecular weight excluding hydrogens is 252 g/mol. The van der Waals surface area contributed by atoms with Crippen molar-refractivity contribution in [1.29, 1.82) is 0 Å². The lowest BCUT2D eigenvalue weighted by Crippen LogP contribution is -2.48. The lowest BCUT2D eigenvalue weighted by Gasteiger charge is -2.33. The van der Waals surface area contributed by atoms with Gasteiger partial charge in [-0.15, -0.1) is 0 Å². The largest absolute Gasteiger partial charge is 0.383 e. The summed E-state index contributed by atoms with van der Waals surface area (Å²) in [5.74, 6) is 1.29. The summed E-state index contributed by atoms with van der Waals surface area (Å²) in [6.45, 7) is 7.05. The van der Waals surface area contributed by atoms with E-state index in [0.29, 0.717) is 18.4 Å². The molecule has 116 valence electrons. The highest BCUT2D eigenvalue weighted by molar-refractivity contribution is 5.85. The van der Waals surface area contributed by atoms with Crippen molar-refractivity contribution in [1.82, 2.24) is 10.2 Å². The molecule has 0 aromatic rings. The number of nitrogens with one attached hydrogen (secondary N) is 1. The van der Waals surface area contributed by atoms with Gasteiger partial charge in [0.05, 0.1) is 24.9 Å². The minimum Gasteiger partial charge on any atom is -0.383 e. The number of carbonyl (C=O) groups is 1. The molecule has 1 aliphatic carbocycles. The maximum atomic E-state index is 12.8. The number of carbonyl (C=O) groups excluding carboxylic acids is 1. The topological polar surface area (TPSA) is 41.6 Å². The number of ether oxygens (including phenoxy) is 1. The lowest BCUT2D eigenvalue weighted by atomic mass is 9.99. The first-order chi connectivity index (χ1) is 9.60. The van der Waals surface area contributed by atoms with Crippen LogP contribution in [0.2, 0.25) is 0 Å². The van der Waals surface area contributed by atoms with E-state index in [1.807, 2.05) is 0 Å². The Morgan fingerprint density at radius 1 is 1.35 bits per heavy atom. The smallest absolute Gasteiger partial charge is 0.241 e. The van der Waals surface area contributed by atoms with Crippen molar-refractivity contribution >= 4 is 5.91 Å². The van der Waals surface area contributed by atoms with E-state index < -0.39 is 0 Å². The number of rotatable bonds is 6. The van der Waals surface area contributed by atoms with Crippen LogP contribution in [0.15, 0.2) is 0 Å². The number of nitrogens with zero attached hydrogens (tertiary/aromatic N) is 1. The van der Waals surface area contributed by atoms with E-state index >= 15 is 0 Å². The van der Waals surface area contributed by atoms with Crippen LogP contribution in [0.3, 0.4) is 0 Å². The highest BCUT2D eigenvalue weighted by Crippen LogP contribution is 2.34. The molecule has 4 nitrogen and oxygen atoms in total. The monoisotopic (exact) mass is 282 g/mol. The summed E-state index contributed by atoms with van der Waals surface area (Å²) in [5.41, 5.74) is 0. The van der Waals surface area contributed by atoms with E-state index in [4.69, 9.17) is 4.74 Å². The zero-order valence-corrected chi connectivity index (χ0v) is 13.4. The molecule has 1 amide bonds. The Bertz CT molecular complexity index is 328. The number of hydrogen-bond acceptors (Lipinski definition) is 3. The van der Waals surface area contributed by atoms with Crippen LogP contribution in [-0.4, -0.2) is 42.8 Å². The summed E-state index contributed by atoms with van der Waals surface area (Å²) in [6.07, 6.45) is 6.35. The van der Waals surface area contributed by atoms with Crippen molar-refractivity contribution < 1.29 is 9.53 Å². The molecule has 4 atom stereocenters. The molecule has 0 aromatic heterocycles. The van der Waals surface area contributed by atoms with Gasteiger partial charge in [-0.1, -0.05) is 33.1 Å². The Kier molecular flexibility index (Phi) is 5.44. The van der Waals surface area contributed by atoms with E-state index in [1.165, 1.54) is 25.7 Å². The van der Waals surface area contributed by atoms with Crippen molar-refractivity contribution in [3.8, 4) is 0 Å². The van der Waals surface area contributed by atoms with Gasteiger partial charge >= 0.3 is 0 Å². The normalized spacial score (nSPS) is 31.0. The third kappa shape index (κ3) is 3.01. The Hall–Kier alpha value is -0.610. The fraction of sp³-hybridized carbons (Fsp3) is 0.938. The first-order valence-electron chi connectivity index (χ1n) is 8.17. The Morgan fingerprint density at radius 2 is 2.00 bits per heavy atom. The molecule has 0 bridgehead atoms. The van der Waals surface area contributed by atoms with Gasteiger partial charge in [0.15, 0.2) is 0 Å². The minimum atomic E-state index is -0.00935. The third-order valence-corrected chi connectivity index (χ3v) is 5.11. The van der Waals surface area contributed by atoms with Gasteiger partial charge in [0.1, 0.15) is 0 Å².